The van der Waals surface area contributed by atoms with Crippen molar-refractivity contribution in [3.8, 4) is 0 Å². The van der Waals surface area contributed by atoms with Crippen LogP contribution in [0.15, 0.2) is 70.4 Å². The van der Waals surface area contributed by atoms with Crippen LogP contribution in [0.2, 0.25) is 5.02 Å². The zero-order valence-corrected chi connectivity index (χ0v) is 28.3. The van der Waals surface area contributed by atoms with Crippen LogP contribution in [0.3, 0.4) is 0 Å². The summed E-state index contributed by atoms with van der Waals surface area (Å²) < 4.78 is 33.3. The molecule has 2 aliphatic rings. The van der Waals surface area contributed by atoms with Crippen molar-refractivity contribution in [3.05, 3.63) is 87.8 Å². The molecule has 6 rings (SSSR count). The van der Waals surface area contributed by atoms with Crippen molar-refractivity contribution in [2.75, 3.05) is 24.1 Å². The predicted octanol–water partition coefficient (Wildman–Crippen LogP) is 4.64. The molecule has 48 heavy (non-hydrogen) atoms. The maximum atomic E-state index is 14.2. The van der Waals surface area contributed by atoms with Crippen molar-refractivity contribution in [2.45, 2.75) is 64.0 Å². The smallest absolute Gasteiger partial charge is 0.287 e. The highest BCUT2D eigenvalue weighted by molar-refractivity contribution is 7.92. The molecule has 1 aliphatic carbocycles. The second-order valence-corrected chi connectivity index (χ2v) is 15.2. The summed E-state index contributed by atoms with van der Waals surface area (Å²) in [7, 11) is -3.56. The third-order valence-corrected chi connectivity index (χ3v) is 10.6. The number of nitrogens with zero attached hydrogens (tertiary/aromatic N) is 4. The van der Waals surface area contributed by atoms with E-state index in [0.29, 0.717) is 24.0 Å². The molecular weight excluding hydrogens is 656 g/mol. The van der Waals surface area contributed by atoms with Gasteiger partial charge >= 0.3 is 0 Å². The topological polar surface area (TPSA) is 156 Å². The number of carbonyl (C=O) groups excluding carboxylic acids is 2. The number of halogens is 1. The lowest BCUT2D eigenvalue weighted by Crippen LogP contribution is -2.54. The maximum absolute atomic E-state index is 14.2. The van der Waals surface area contributed by atoms with Crippen LogP contribution in [0.1, 0.15) is 61.1 Å². The van der Waals surface area contributed by atoms with Gasteiger partial charge in [0.05, 0.1) is 11.6 Å². The van der Waals surface area contributed by atoms with E-state index in [1.54, 1.807) is 24.8 Å². The predicted molar refractivity (Wildman–Crippen MR) is 182 cm³/mol. The first-order valence-electron chi connectivity index (χ1n) is 16.2. The molecule has 4 aromatic rings. The summed E-state index contributed by atoms with van der Waals surface area (Å²) in [6, 6.07) is 11.4. The zero-order chi connectivity index (χ0) is 33.9. The molecular formula is C34H39ClN6O6S. The van der Waals surface area contributed by atoms with Gasteiger partial charge in [-0.3, -0.25) is 23.8 Å². The zero-order valence-electron chi connectivity index (χ0n) is 26.7. The highest BCUT2D eigenvalue weighted by Gasteiger charge is 2.44. The van der Waals surface area contributed by atoms with Crippen LogP contribution in [0.4, 0.5) is 5.69 Å². The fourth-order valence-electron chi connectivity index (χ4n) is 7.27. The van der Waals surface area contributed by atoms with Crippen molar-refractivity contribution in [2.24, 2.45) is 11.3 Å². The van der Waals surface area contributed by atoms with E-state index in [9.17, 15) is 22.8 Å². The normalized spacial score (nSPS) is 17.6. The summed E-state index contributed by atoms with van der Waals surface area (Å²) in [5, 5.41) is 7.90. The van der Waals surface area contributed by atoms with Gasteiger partial charge in [-0.15, -0.1) is 0 Å². The van der Waals surface area contributed by atoms with Gasteiger partial charge < -0.3 is 14.6 Å². The molecule has 2 amide bonds. The van der Waals surface area contributed by atoms with Gasteiger partial charge in [-0.25, -0.2) is 13.4 Å². The van der Waals surface area contributed by atoms with Gasteiger partial charge in [0.15, 0.2) is 11.2 Å². The Morgan fingerprint density at radius 2 is 1.79 bits per heavy atom. The summed E-state index contributed by atoms with van der Waals surface area (Å²) in [6.07, 6.45) is 12.2. The Labute approximate surface area is 283 Å². The van der Waals surface area contributed by atoms with Crippen LogP contribution < -0.4 is 15.5 Å². The van der Waals surface area contributed by atoms with Crippen LogP contribution in [-0.4, -0.2) is 65.3 Å². The lowest BCUT2D eigenvalue weighted by Gasteiger charge is -2.48. The summed E-state index contributed by atoms with van der Waals surface area (Å²) in [6.45, 7) is 1.86. The largest absolute Gasteiger partial charge is 0.451 e. The first kappa shape index (κ1) is 33.7. The van der Waals surface area contributed by atoms with Crippen molar-refractivity contribution in [1.29, 1.82) is 0 Å². The second kappa shape index (κ2) is 14.1. The summed E-state index contributed by atoms with van der Waals surface area (Å²) in [5.41, 5.74) is 0.587. The summed E-state index contributed by atoms with van der Waals surface area (Å²) in [5.74, 6) is -0.630. The molecule has 2 N–H and O–H groups in total. The van der Waals surface area contributed by atoms with Gasteiger partial charge in [-0.2, -0.15) is 5.10 Å². The Morgan fingerprint density at radius 1 is 1.06 bits per heavy atom. The van der Waals surface area contributed by atoms with E-state index < -0.39 is 27.4 Å². The minimum Gasteiger partial charge on any atom is -0.451 e. The first-order chi connectivity index (χ1) is 23.0. The lowest BCUT2D eigenvalue weighted by atomic mass is 9.63. The average molecular weight is 695 g/mol. The highest BCUT2D eigenvalue weighted by atomic mass is 35.5. The van der Waals surface area contributed by atoms with Crippen LogP contribution in [-0.2, 0) is 27.8 Å². The van der Waals surface area contributed by atoms with E-state index in [2.05, 4.69) is 20.1 Å². The van der Waals surface area contributed by atoms with Crippen molar-refractivity contribution in [3.63, 3.8) is 0 Å². The van der Waals surface area contributed by atoms with E-state index in [1.807, 2.05) is 21.7 Å². The standard InChI is InChI=1S/C34H39ClN6O6S/c1-48(45,46)39-26-11-12-30-27(18-26)29(42)19-31(47-30)32(43)38-28(17-23-7-9-25(35)10-8-23)33(44)40-15-13-34(14-16-40,20-41-22-36-21-37-41)24-5-3-2-4-6-24/h7-12,18-19,21-22,24,28,39H,2-6,13-17,20H2,1H3,(H,38,43)/t28-/m1/s1. The van der Waals surface area contributed by atoms with Gasteiger partial charge in [-0.1, -0.05) is 43.0 Å². The summed E-state index contributed by atoms with van der Waals surface area (Å²) >= 11 is 6.11. The number of amides is 2. The van der Waals surface area contributed by atoms with Crippen LogP contribution in [0, 0.1) is 11.3 Å². The van der Waals surface area contributed by atoms with Gasteiger partial charge in [0, 0.05) is 42.8 Å². The number of carbonyl (C=O) groups is 2. The molecule has 3 heterocycles. The number of likely N-dealkylation sites (tertiary alicyclic amines) is 1. The van der Waals surface area contributed by atoms with E-state index in [0.717, 1.165) is 37.3 Å². The molecule has 1 saturated heterocycles. The number of nitrogens with one attached hydrogen (secondary N) is 2. The molecule has 1 saturated carbocycles. The highest BCUT2D eigenvalue weighted by Crippen LogP contribution is 2.47. The van der Waals surface area contributed by atoms with Crippen LogP contribution >= 0.6 is 11.6 Å². The average Bonchev–Trinajstić information content (AvgIpc) is 3.58. The lowest BCUT2D eigenvalue weighted by molar-refractivity contribution is -0.136. The molecule has 2 aromatic carbocycles. The number of fused-ring (bicyclic) bond motifs is 1. The molecule has 1 atom stereocenters. The van der Waals surface area contributed by atoms with Gasteiger partial charge in [0.2, 0.25) is 15.9 Å². The first-order valence-corrected chi connectivity index (χ1v) is 18.5. The van der Waals surface area contributed by atoms with Gasteiger partial charge in [0.1, 0.15) is 24.3 Å². The molecule has 12 nitrogen and oxygen atoms in total. The minimum atomic E-state index is -3.56. The summed E-state index contributed by atoms with van der Waals surface area (Å²) in [4.78, 5) is 46.7. The number of piperidine rings is 1. The number of sulfonamides is 1. The number of hydrogen-bond acceptors (Lipinski definition) is 8. The molecule has 0 unspecified atom stereocenters. The Balaban J connectivity index is 1.22. The Morgan fingerprint density at radius 3 is 2.46 bits per heavy atom. The van der Waals surface area contributed by atoms with Crippen LogP contribution in [0.25, 0.3) is 11.0 Å². The Kier molecular flexibility index (Phi) is 9.88. The molecule has 14 heteroatoms. The fraction of sp³-hybridized carbons (Fsp3) is 0.441. The second-order valence-electron chi connectivity index (χ2n) is 13.0. The van der Waals surface area contributed by atoms with E-state index in [-0.39, 0.29) is 40.2 Å². The molecule has 0 bridgehead atoms. The Hall–Kier alpha value is -4.23. The molecule has 2 aromatic heterocycles. The quantitative estimate of drug-likeness (QED) is 0.243. The molecule has 2 fully saturated rings. The molecule has 1 aliphatic heterocycles. The van der Waals surface area contributed by atoms with Gasteiger partial charge in [0.25, 0.3) is 5.91 Å². The number of aromatic nitrogens is 3. The third kappa shape index (κ3) is 7.90. The van der Waals surface area contributed by atoms with E-state index in [1.165, 1.54) is 50.3 Å². The monoisotopic (exact) mass is 694 g/mol. The maximum Gasteiger partial charge on any atom is 0.287 e. The molecule has 0 spiro atoms. The van der Waals surface area contributed by atoms with Crippen molar-refractivity contribution >= 4 is 50.1 Å². The number of hydrogen-bond donors (Lipinski definition) is 2. The number of anilines is 1. The van der Waals surface area contributed by atoms with Crippen LogP contribution in [0.5, 0.6) is 0 Å². The molecule has 0 radical (unpaired) electrons. The van der Waals surface area contributed by atoms with Crippen molar-refractivity contribution in [1.82, 2.24) is 25.0 Å². The van der Waals surface area contributed by atoms with E-state index in [4.69, 9.17) is 16.0 Å². The SMILES string of the molecule is CS(=O)(=O)Nc1ccc2oc(C(=O)N[C@H](Cc3ccc(Cl)cc3)C(=O)N3CCC(Cn4cncn4)(C4CCCCC4)CC3)cc(=O)c2c1. The number of rotatable bonds is 10. The number of benzene rings is 2. The third-order valence-electron chi connectivity index (χ3n) is 9.70. The van der Waals surface area contributed by atoms with Crippen molar-refractivity contribution < 1.29 is 22.4 Å². The minimum absolute atomic E-state index is 0.00499. The molecule has 254 valence electrons. The fourth-order valence-corrected chi connectivity index (χ4v) is 7.95. The Bertz CT molecular complexity index is 1930. The van der Waals surface area contributed by atoms with Gasteiger partial charge in [-0.05, 0) is 72.9 Å². The van der Waals surface area contributed by atoms with E-state index >= 15 is 0 Å².